The quantitative estimate of drug-likeness (QED) is 0.412. The van der Waals surface area contributed by atoms with E-state index in [0.29, 0.717) is 5.75 Å². The average Bonchev–Trinajstić information content (AvgIpc) is 1.82. The third-order valence-electron chi connectivity index (χ3n) is 0.910. The smallest absolute Gasteiger partial charge is 0.307 e. The molecule has 0 amide bonds. The number of rotatable bonds is 3. The summed E-state index contributed by atoms with van der Waals surface area (Å²) in [6, 6.07) is 0. The van der Waals surface area contributed by atoms with E-state index < -0.39 is 11.9 Å². The van der Waals surface area contributed by atoms with Gasteiger partial charge >= 0.3 is 5.97 Å². The van der Waals surface area contributed by atoms with Crippen molar-refractivity contribution in [3.8, 4) is 0 Å². The minimum Gasteiger partial charge on any atom is -0.481 e. The molecule has 0 saturated carbocycles. The highest BCUT2D eigenvalue weighted by molar-refractivity contribution is 8.13. The van der Waals surface area contributed by atoms with Gasteiger partial charge in [-0.3, -0.25) is 10.2 Å². The lowest BCUT2D eigenvalue weighted by Gasteiger charge is -2.02. The molecule has 4 nitrogen and oxygen atoms in total. The SMILES string of the molecule is CC(CSC(=N)N)C(=O)O. The average molecular weight is 162 g/mol. The Hall–Kier alpha value is -0.710. The summed E-state index contributed by atoms with van der Waals surface area (Å²) in [6.07, 6.45) is 0. The number of thioether (sulfide) groups is 1. The van der Waals surface area contributed by atoms with Gasteiger partial charge in [-0.2, -0.15) is 0 Å². The predicted octanol–water partition coefficient (Wildman–Crippen LogP) is 0.334. The summed E-state index contributed by atoms with van der Waals surface area (Å²) < 4.78 is 0. The summed E-state index contributed by atoms with van der Waals surface area (Å²) in [4.78, 5) is 10.2. The number of aliphatic carboxylic acids is 1. The lowest BCUT2D eigenvalue weighted by Crippen LogP contribution is -2.15. The van der Waals surface area contributed by atoms with Crippen LogP contribution in [0.3, 0.4) is 0 Å². The number of carbonyl (C=O) groups is 1. The molecule has 0 aromatic rings. The molecule has 0 spiro atoms. The van der Waals surface area contributed by atoms with Crippen LogP contribution in [-0.2, 0) is 4.79 Å². The van der Waals surface area contributed by atoms with Crippen LogP contribution in [0.4, 0.5) is 0 Å². The Morgan fingerprint density at radius 1 is 1.90 bits per heavy atom. The van der Waals surface area contributed by atoms with Gasteiger partial charge in [0.15, 0.2) is 5.17 Å². The molecule has 0 bridgehead atoms. The molecular formula is C5H10N2O2S. The lowest BCUT2D eigenvalue weighted by molar-refractivity contribution is -0.140. The molecule has 0 aliphatic carbocycles. The Kier molecular flexibility index (Phi) is 3.87. The van der Waals surface area contributed by atoms with Gasteiger partial charge in [-0.15, -0.1) is 0 Å². The third kappa shape index (κ3) is 4.20. The van der Waals surface area contributed by atoms with E-state index in [0.717, 1.165) is 11.8 Å². The zero-order chi connectivity index (χ0) is 8.15. The summed E-state index contributed by atoms with van der Waals surface area (Å²) in [6.45, 7) is 1.58. The molecule has 0 rings (SSSR count). The van der Waals surface area contributed by atoms with Crippen molar-refractivity contribution < 1.29 is 9.90 Å². The van der Waals surface area contributed by atoms with Crippen LogP contribution >= 0.6 is 11.8 Å². The van der Waals surface area contributed by atoms with Gasteiger partial charge in [0, 0.05) is 5.75 Å². The highest BCUT2D eigenvalue weighted by Gasteiger charge is 2.10. The first-order valence-electron chi connectivity index (χ1n) is 2.73. The van der Waals surface area contributed by atoms with Gasteiger partial charge in [0.05, 0.1) is 5.92 Å². The molecule has 4 N–H and O–H groups in total. The zero-order valence-corrected chi connectivity index (χ0v) is 6.44. The van der Waals surface area contributed by atoms with Crippen molar-refractivity contribution in [3.05, 3.63) is 0 Å². The van der Waals surface area contributed by atoms with Crippen LogP contribution < -0.4 is 5.73 Å². The molecule has 0 radical (unpaired) electrons. The third-order valence-corrected chi connectivity index (χ3v) is 1.89. The molecule has 1 atom stereocenters. The van der Waals surface area contributed by atoms with E-state index in [4.69, 9.17) is 16.2 Å². The van der Waals surface area contributed by atoms with Crippen molar-refractivity contribution in [2.45, 2.75) is 6.92 Å². The van der Waals surface area contributed by atoms with Crippen molar-refractivity contribution in [3.63, 3.8) is 0 Å². The second-order valence-electron chi connectivity index (χ2n) is 1.91. The lowest BCUT2D eigenvalue weighted by atomic mass is 10.2. The molecule has 1 unspecified atom stereocenters. The largest absolute Gasteiger partial charge is 0.481 e. The highest BCUT2D eigenvalue weighted by Crippen LogP contribution is 2.06. The van der Waals surface area contributed by atoms with Crippen molar-refractivity contribution in [2.24, 2.45) is 11.7 Å². The zero-order valence-electron chi connectivity index (χ0n) is 5.63. The fraction of sp³-hybridized carbons (Fsp3) is 0.600. The van der Waals surface area contributed by atoms with Crippen molar-refractivity contribution in [1.82, 2.24) is 0 Å². The highest BCUT2D eigenvalue weighted by atomic mass is 32.2. The summed E-state index contributed by atoms with van der Waals surface area (Å²) in [5.74, 6) is -0.923. The van der Waals surface area contributed by atoms with Crippen molar-refractivity contribution >= 4 is 22.9 Å². The minimum absolute atomic E-state index is 0.0342. The van der Waals surface area contributed by atoms with Crippen LogP contribution in [0.25, 0.3) is 0 Å². The molecule has 0 aromatic carbocycles. The number of nitrogens with two attached hydrogens (primary N) is 1. The van der Waals surface area contributed by atoms with Crippen LogP contribution in [-0.4, -0.2) is 22.0 Å². The molecular weight excluding hydrogens is 152 g/mol. The number of amidine groups is 1. The van der Waals surface area contributed by atoms with E-state index >= 15 is 0 Å². The molecule has 0 aliphatic rings. The van der Waals surface area contributed by atoms with Gasteiger partial charge in [0.1, 0.15) is 0 Å². The van der Waals surface area contributed by atoms with E-state index in [1.54, 1.807) is 6.92 Å². The van der Waals surface area contributed by atoms with Crippen molar-refractivity contribution in [1.29, 1.82) is 5.41 Å². The maximum absolute atomic E-state index is 10.2. The first-order valence-corrected chi connectivity index (χ1v) is 3.72. The monoisotopic (exact) mass is 162 g/mol. The number of hydrogen-bond acceptors (Lipinski definition) is 3. The van der Waals surface area contributed by atoms with Gasteiger partial charge in [-0.05, 0) is 0 Å². The Morgan fingerprint density at radius 2 is 2.40 bits per heavy atom. The fourth-order valence-electron chi connectivity index (χ4n) is 0.286. The molecule has 0 aliphatic heterocycles. The maximum Gasteiger partial charge on any atom is 0.307 e. The standard InChI is InChI=1S/C5H10N2O2S/c1-3(4(8)9)2-10-5(6)7/h3H,2H2,1H3,(H3,6,7)(H,8,9). The van der Waals surface area contributed by atoms with E-state index in [9.17, 15) is 4.79 Å². The first-order chi connectivity index (χ1) is 4.54. The Bertz CT molecular complexity index is 149. The molecule has 58 valence electrons. The summed E-state index contributed by atoms with van der Waals surface area (Å²) in [5.41, 5.74) is 4.99. The Labute approximate surface area is 63.3 Å². The van der Waals surface area contributed by atoms with Crippen molar-refractivity contribution in [2.75, 3.05) is 5.75 Å². The molecule has 10 heavy (non-hydrogen) atoms. The first kappa shape index (κ1) is 9.29. The van der Waals surface area contributed by atoms with Gasteiger partial charge in [-0.25, -0.2) is 0 Å². The van der Waals surface area contributed by atoms with Crippen LogP contribution in [0.5, 0.6) is 0 Å². The summed E-state index contributed by atoms with van der Waals surface area (Å²) >= 11 is 1.05. The normalized spacial score (nSPS) is 12.5. The van der Waals surface area contributed by atoms with E-state index in [1.807, 2.05) is 0 Å². The van der Waals surface area contributed by atoms with Gasteiger partial charge in [0.2, 0.25) is 0 Å². The predicted molar refractivity (Wildman–Crippen MR) is 41.2 cm³/mol. The second-order valence-corrected chi connectivity index (χ2v) is 2.98. The molecule has 0 aromatic heterocycles. The van der Waals surface area contributed by atoms with E-state index in [2.05, 4.69) is 0 Å². The van der Waals surface area contributed by atoms with Gasteiger partial charge in [0.25, 0.3) is 0 Å². The fourth-order valence-corrected chi connectivity index (χ4v) is 0.858. The number of carboxylic acids is 1. The van der Waals surface area contributed by atoms with Crippen LogP contribution in [0.2, 0.25) is 0 Å². The van der Waals surface area contributed by atoms with E-state index in [-0.39, 0.29) is 5.17 Å². The second kappa shape index (κ2) is 4.16. The minimum atomic E-state index is -0.853. The molecule has 0 heterocycles. The van der Waals surface area contributed by atoms with Crippen LogP contribution in [0.15, 0.2) is 0 Å². The van der Waals surface area contributed by atoms with Crippen LogP contribution in [0.1, 0.15) is 6.92 Å². The Morgan fingerprint density at radius 3 is 2.70 bits per heavy atom. The maximum atomic E-state index is 10.2. The molecule has 0 saturated heterocycles. The van der Waals surface area contributed by atoms with E-state index in [1.165, 1.54) is 0 Å². The summed E-state index contributed by atoms with van der Waals surface area (Å²) in [5, 5.41) is 15.1. The van der Waals surface area contributed by atoms with Crippen LogP contribution in [0, 0.1) is 11.3 Å². The Balaban J connectivity index is 3.49. The van der Waals surface area contributed by atoms with Gasteiger partial charge in [-0.1, -0.05) is 18.7 Å². The number of carboxylic acid groups (broad SMARTS) is 1. The number of hydrogen-bond donors (Lipinski definition) is 3. The molecule has 0 fully saturated rings. The summed E-state index contributed by atoms with van der Waals surface area (Å²) in [7, 11) is 0. The topological polar surface area (TPSA) is 87.2 Å². The molecule has 5 heteroatoms. The van der Waals surface area contributed by atoms with Gasteiger partial charge < -0.3 is 10.8 Å². The number of nitrogens with one attached hydrogen (secondary N) is 1.